The van der Waals surface area contributed by atoms with Crippen LogP contribution in [0.5, 0.6) is 0 Å². The molecular formula is C17H18BrNO3. The maximum Gasteiger partial charge on any atom is 0.335 e. The summed E-state index contributed by atoms with van der Waals surface area (Å²) in [6.45, 7) is 2.53. The number of carboxylic acid groups (broad SMARTS) is 1. The Bertz CT molecular complexity index is 673. The molecule has 0 heterocycles. The van der Waals surface area contributed by atoms with Gasteiger partial charge in [0.2, 0.25) is 0 Å². The number of hydrogen-bond donors (Lipinski definition) is 3. The van der Waals surface area contributed by atoms with Crippen molar-refractivity contribution < 1.29 is 15.0 Å². The van der Waals surface area contributed by atoms with Gasteiger partial charge in [-0.3, -0.25) is 0 Å². The zero-order valence-electron chi connectivity index (χ0n) is 12.2. The van der Waals surface area contributed by atoms with E-state index in [2.05, 4.69) is 21.2 Å². The summed E-state index contributed by atoms with van der Waals surface area (Å²) in [4.78, 5) is 10.9. The summed E-state index contributed by atoms with van der Waals surface area (Å²) < 4.78 is 0.737. The van der Waals surface area contributed by atoms with E-state index in [9.17, 15) is 9.90 Å². The highest BCUT2D eigenvalue weighted by atomic mass is 79.9. The molecule has 1 unspecified atom stereocenters. The minimum atomic E-state index is -0.951. The van der Waals surface area contributed by atoms with Gasteiger partial charge in [0.1, 0.15) is 0 Å². The van der Waals surface area contributed by atoms with E-state index in [4.69, 9.17) is 5.11 Å². The van der Waals surface area contributed by atoms with Crippen molar-refractivity contribution in [3.63, 3.8) is 0 Å². The monoisotopic (exact) mass is 363 g/mol. The number of halogens is 1. The molecule has 22 heavy (non-hydrogen) atoms. The van der Waals surface area contributed by atoms with Crippen molar-refractivity contribution in [1.82, 2.24) is 5.32 Å². The van der Waals surface area contributed by atoms with Crippen LogP contribution < -0.4 is 5.32 Å². The van der Waals surface area contributed by atoms with Crippen molar-refractivity contribution in [2.45, 2.75) is 19.5 Å². The largest absolute Gasteiger partial charge is 0.478 e. The number of aryl methyl sites for hydroxylation is 1. The number of hydrogen-bond acceptors (Lipinski definition) is 3. The molecule has 0 aromatic heterocycles. The fourth-order valence-electron chi connectivity index (χ4n) is 2.31. The highest BCUT2D eigenvalue weighted by Crippen LogP contribution is 2.21. The SMILES string of the molecule is Cc1ccccc1C(CO)NCc1ccc(C(=O)O)cc1Br. The van der Waals surface area contributed by atoms with Crippen molar-refractivity contribution in [1.29, 1.82) is 0 Å². The van der Waals surface area contributed by atoms with Crippen molar-refractivity contribution >= 4 is 21.9 Å². The van der Waals surface area contributed by atoms with E-state index >= 15 is 0 Å². The van der Waals surface area contributed by atoms with Gasteiger partial charge in [-0.2, -0.15) is 0 Å². The summed E-state index contributed by atoms with van der Waals surface area (Å²) in [7, 11) is 0. The molecule has 5 heteroatoms. The second-order valence-corrected chi connectivity index (χ2v) is 5.94. The molecule has 0 saturated heterocycles. The first kappa shape index (κ1) is 16.7. The Balaban J connectivity index is 2.11. The standard InChI is InChI=1S/C17H18BrNO3/c1-11-4-2-3-5-14(11)16(10-20)19-9-13-7-6-12(17(21)22)8-15(13)18/h2-8,16,19-20H,9-10H2,1H3,(H,21,22). The van der Waals surface area contributed by atoms with Gasteiger partial charge in [0, 0.05) is 11.0 Å². The average Bonchev–Trinajstić information content (AvgIpc) is 2.50. The van der Waals surface area contributed by atoms with E-state index in [0.29, 0.717) is 6.54 Å². The van der Waals surface area contributed by atoms with Gasteiger partial charge >= 0.3 is 5.97 Å². The Morgan fingerprint density at radius 3 is 2.59 bits per heavy atom. The summed E-state index contributed by atoms with van der Waals surface area (Å²) in [5.41, 5.74) is 3.36. The summed E-state index contributed by atoms with van der Waals surface area (Å²) >= 11 is 3.39. The van der Waals surface area contributed by atoms with E-state index in [1.54, 1.807) is 18.2 Å². The Morgan fingerprint density at radius 1 is 1.27 bits per heavy atom. The smallest absolute Gasteiger partial charge is 0.335 e. The number of rotatable bonds is 6. The van der Waals surface area contributed by atoms with Crippen molar-refractivity contribution in [3.8, 4) is 0 Å². The molecule has 0 saturated carbocycles. The second-order valence-electron chi connectivity index (χ2n) is 5.08. The molecule has 0 aliphatic rings. The lowest BCUT2D eigenvalue weighted by Crippen LogP contribution is -2.25. The minimum absolute atomic E-state index is 0.00428. The minimum Gasteiger partial charge on any atom is -0.478 e. The molecule has 2 aromatic carbocycles. The molecule has 0 spiro atoms. The topological polar surface area (TPSA) is 69.6 Å². The van der Waals surface area contributed by atoms with Gasteiger partial charge in [-0.05, 0) is 35.7 Å². The van der Waals surface area contributed by atoms with Gasteiger partial charge < -0.3 is 15.5 Å². The van der Waals surface area contributed by atoms with Crippen LogP contribution in [0.2, 0.25) is 0 Å². The fraction of sp³-hybridized carbons (Fsp3) is 0.235. The van der Waals surface area contributed by atoms with Crippen LogP contribution in [0.1, 0.15) is 33.1 Å². The van der Waals surface area contributed by atoms with Gasteiger partial charge in [-0.1, -0.05) is 46.3 Å². The molecule has 0 aliphatic heterocycles. The Labute approximate surface area is 137 Å². The molecule has 0 bridgehead atoms. The van der Waals surface area contributed by atoms with E-state index in [1.165, 1.54) is 0 Å². The molecular weight excluding hydrogens is 346 g/mol. The number of aliphatic hydroxyl groups excluding tert-OH is 1. The number of benzene rings is 2. The maximum atomic E-state index is 10.9. The summed E-state index contributed by atoms with van der Waals surface area (Å²) in [5.74, 6) is -0.951. The zero-order chi connectivity index (χ0) is 16.1. The maximum absolute atomic E-state index is 10.9. The van der Waals surface area contributed by atoms with Crippen LogP contribution in [0.4, 0.5) is 0 Å². The fourth-order valence-corrected chi connectivity index (χ4v) is 2.83. The summed E-state index contributed by atoms with van der Waals surface area (Å²) in [5, 5.41) is 21.9. The van der Waals surface area contributed by atoms with Crippen LogP contribution in [-0.4, -0.2) is 22.8 Å². The highest BCUT2D eigenvalue weighted by molar-refractivity contribution is 9.10. The van der Waals surface area contributed by atoms with E-state index in [0.717, 1.165) is 21.2 Å². The number of carboxylic acids is 1. The second kappa shape index (κ2) is 7.54. The van der Waals surface area contributed by atoms with E-state index in [-0.39, 0.29) is 18.2 Å². The predicted octanol–water partition coefficient (Wildman–Crippen LogP) is 3.28. The molecule has 2 rings (SSSR count). The first-order valence-corrected chi connectivity index (χ1v) is 7.73. The van der Waals surface area contributed by atoms with Crippen LogP contribution in [-0.2, 0) is 6.54 Å². The lowest BCUT2D eigenvalue weighted by atomic mass is 10.0. The Morgan fingerprint density at radius 2 is 2.00 bits per heavy atom. The number of nitrogens with one attached hydrogen (secondary N) is 1. The molecule has 0 amide bonds. The van der Waals surface area contributed by atoms with Gasteiger partial charge in [0.15, 0.2) is 0 Å². The molecule has 2 aromatic rings. The molecule has 3 N–H and O–H groups in total. The molecule has 4 nitrogen and oxygen atoms in total. The van der Waals surface area contributed by atoms with E-state index in [1.807, 2.05) is 31.2 Å². The first-order chi connectivity index (χ1) is 10.5. The lowest BCUT2D eigenvalue weighted by molar-refractivity contribution is 0.0697. The zero-order valence-corrected chi connectivity index (χ0v) is 13.8. The van der Waals surface area contributed by atoms with Gasteiger partial charge in [-0.15, -0.1) is 0 Å². The van der Waals surface area contributed by atoms with Crippen molar-refractivity contribution in [2.24, 2.45) is 0 Å². The van der Waals surface area contributed by atoms with Gasteiger partial charge in [0.05, 0.1) is 18.2 Å². The van der Waals surface area contributed by atoms with Crippen LogP contribution in [0, 0.1) is 6.92 Å². The van der Waals surface area contributed by atoms with Gasteiger partial charge in [0.25, 0.3) is 0 Å². The highest BCUT2D eigenvalue weighted by Gasteiger charge is 2.13. The van der Waals surface area contributed by atoms with Crippen LogP contribution in [0.15, 0.2) is 46.9 Å². The predicted molar refractivity (Wildman–Crippen MR) is 88.9 cm³/mol. The lowest BCUT2D eigenvalue weighted by Gasteiger charge is -2.19. The quantitative estimate of drug-likeness (QED) is 0.736. The first-order valence-electron chi connectivity index (χ1n) is 6.94. The summed E-state index contributed by atoms with van der Waals surface area (Å²) in [6, 6.07) is 12.7. The van der Waals surface area contributed by atoms with Crippen LogP contribution >= 0.6 is 15.9 Å². The Hall–Kier alpha value is -1.69. The summed E-state index contributed by atoms with van der Waals surface area (Å²) in [6.07, 6.45) is 0. The Kier molecular flexibility index (Phi) is 5.71. The number of carbonyl (C=O) groups is 1. The molecule has 116 valence electrons. The molecule has 0 radical (unpaired) electrons. The van der Waals surface area contributed by atoms with Crippen LogP contribution in [0.25, 0.3) is 0 Å². The van der Waals surface area contributed by atoms with E-state index < -0.39 is 5.97 Å². The third-order valence-corrected chi connectivity index (χ3v) is 4.32. The van der Waals surface area contributed by atoms with Crippen LogP contribution in [0.3, 0.4) is 0 Å². The number of aromatic carboxylic acids is 1. The van der Waals surface area contributed by atoms with Crippen molar-refractivity contribution in [3.05, 3.63) is 69.2 Å². The van der Waals surface area contributed by atoms with Crippen molar-refractivity contribution in [2.75, 3.05) is 6.61 Å². The average molecular weight is 364 g/mol. The number of aliphatic hydroxyl groups is 1. The molecule has 0 fully saturated rings. The molecule has 1 atom stereocenters. The normalized spacial score (nSPS) is 12.1. The third kappa shape index (κ3) is 3.94. The molecule has 0 aliphatic carbocycles. The third-order valence-electron chi connectivity index (χ3n) is 3.59. The van der Waals surface area contributed by atoms with Gasteiger partial charge in [-0.25, -0.2) is 4.79 Å².